The standard InChI is InChI=1S/C21H27N3OS/c1-16-8-10-19(11-9-16)23-21(26)22-17(2)20(18-6-4-3-5-7-18)24-12-14-25-15-13-24/h3-11,17,20H,12-15H2,1-2H3,(H2,22,23,26)/t17-,20+/m1/s1. The Balaban J connectivity index is 1.69. The van der Waals surface area contributed by atoms with Crippen molar-refractivity contribution in [3.05, 3.63) is 65.7 Å². The van der Waals surface area contributed by atoms with Gasteiger partial charge in [-0.15, -0.1) is 0 Å². The van der Waals surface area contributed by atoms with Gasteiger partial charge in [0, 0.05) is 24.8 Å². The minimum absolute atomic E-state index is 0.168. The van der Waals surface area contributed by atoms with Crippen LogP contribution < -0.4 is 10.6 Å². The van der Waals surface area contributed by atoms with Crippen molar-refractivity contribution in [3.63, 3.8) is 0 Å². The molecule has 1 saturated heterocycles. The predicted molar refractivity (Wildman–Crippen MR) is 112 cm³/mol. The van der Waals surface area contributed by atoms with Gasteiger partial charge in [-0.3, -0.25) is 4.90 Å². The van der Waals surface area contributed by atoms with Crippen LogP contribution in [-0.2, 0) is 4.74 Å². The van der Waals surface area contributed by atoms with E-state index in [1.54, 1.807) is 0 Å². The molecule has 0 aromatic heterocycles. The van der Waals surface area contributed by atoms with Crippen LogP contribution in [0.1, 0.15) is 24.1 Å². The highest BCUT2D eigenvalue weighted by Gasteiger charge is 2.28. The predicted octanol–water partition coefficient (Wildman–Crippen LogP) is 3.74. The molecule has 0 amide bonds. The summed E-state index contributed by atoms with van der Waals surface area (Å²) in [4.78, 5) is 2.48. The molecular weight excluding hydrogens is 342 g/mol. The third-order valence-electron chi connectivity index (χ3n) is 4.72. The number of hydrogen-bond acceptors (Lipinski definition) is 3. The molecule has 138 valence electrons. The minimum Gasteiger partial charge on any atom is -0.379 e. The van der Waals surface area contributed by atoms with Gasteiger partial charge in [-0.05, 0) is 43.8 Å². The Morgan fingerprint density at radius 2 is 1.69 bits per heavy atom. The molecule has 0 radical (unpaired) electrons. The molecule has 4 nitrogen and oxygen atoms in total. The lowest BCUT2D eigenvalue weighted by Crippen LogP contribution is -2.49. The van der Waals surface area contributed by atoms with Crippen molar-refractivity contribution in [3.8, 4) is 0 Å². The Labute approximate surface area is 161 Å². The highest BCUT2D eigenvalue weighted by molar-refractivity contribution is 7.80. The van der Waals surface area contributed by atoms with Crippen LogP contribution in [0.2, 0.25) is 0 Å². The first-order valence-corrected chi connectivity index (χ1v) is 9.55. The van der Waals surface area contributed by atoms with E-state index in [0.717, 1.165) is 32.0 Å². The number of aryl methyl sites for hydroxylation is 1. The molecule has 0 unspecified atom stereocenters. The summed E-state index contributed by atoms with van der Waals surface area (Å²) in [7, 11) is 0. The summed E-state index contributed by atoms with van der Waals surface area (Å²) >= 11 is 5.55. The van der Waals surface area contributed by atoms with Gasteiger partial charge in [0.25, 0.3) is 0 Å². The molecule has 0 saturated carbocycles. The summed E-state index contributed by atoms with van der Waals surface area (Å²) in [5.74, 6) is 0. The van der Waals surface area contributed by atoms with E-state index in [2.05, 4.69) is 71.8 Å². The molecular formula is C21H27N3OS. The van der Waals surface area contributed by atoms with Crippen molar-refractivity contribution in [1.82, 2.24) is 10.2 Å². The Kier molecular flexibility index (Phi) is 6.61. The monoisotopic (exact) mass is 369 g/mol. The summed E-state index contributed by atoms with van der Waals surface area (Å²) < 4.78 is 5.54. The maximum atomic E-state index is 5.55. The van der Waals surface area contributed by atoms with Crippen LogP contribution in [0.25, 0.3) is 0 Å². The number of thiocarbonyl (C=S) groups is 1. The fourth-order valence-corrected chi connectivity index (χ4v) is 3.72. The smallest absolute Gasteiger partial charge is 0.171 e. The summed E-state index contributed by atoms with van der Waals surface area (Å²) in [6, 6.07) is 19.3. The molecule has 1 heterocycles. The minimum atomic E-state index is 0.168. The molecule has 1 fully saturated rings. The topological polar surface area (TPSA) is 36.5 Å². The van der Waals surface area contributed by atoms with E-state index >= 15 is 0 Å². The Bertz CT molecular complexity index is 699. The highest BCUT2D eigenvalue weighted by Crippen LogP contribution is 2.25. The molecule has 2 atom stereocenters. The second-order valence-corrected chi connectivity index (χ2v) is 7.17. The molecule has 2 aromatic rings. The van der Waals surface area contributed by atoms with Crippen LogP contribution in [-0.4, -0.2) is 42.4 Å². The SMILES string of the molecule is Cc1ccc(NC(=S)N[C@H](C)[C@@H](c2ccccc2)N2CCOCC2)cc1. The normalized spacial score (nSPS) is 17.3. The van der Waals surface area contributed by atoms with Crippen molar-refractivity contribution < 1.29 is 4.74 Å². The van der Waals surface area contributed by atoms with Gasteiger partial charge >= 0.3 is 0 Å². The van der Waals surface area contributed by atoms with Gasteiger partial charge in [0.05, 0.1) is 19.3 Å². The molecule has 0 spiro atoms. The third-order valence-corrected chi connectivity index (χ3v) is 4.94. The summed E-state index contributed by atoms with van der Waals surface area (Å²) in [6.07, 6.45) is 0. The number of rotatable bonds is 5. The van der Waals surface area contributed by atoms with Crippen molar-refractivity contribution in [2.45, 2.75) is 25.9 Å². The number of nitrogens with zero attached hydrogens (tertiary/aromatic N) is 1. The molecule has 0 bridgehead atoms. The molecule has 0 aliphatic carbocycles. The molecule has 2 aromatic carbocycles. The van der Waals surface area contributed by atoms with E-state index in [0.29, 0.717) is 5.11 Å². The van der Waals surface area contributed by atoms with Crippen LogP contribution in [0.5, 0.6) is 0 Å². The molecule has 3 rings (SSSR count). The molecule has 1 aliphatic rings. The first-order valence-electron chi connectivity index (χ1n) is 9.14. The van der Waals surface area contributed by atoms with Gasteiger partial charge in [-0.2, -0.15) is 0 Å². The van der Waals surface area contributed by atoms with Gasteiger partial charge in [-0.25, -0.2) is 0 Å². The molecule has 2 N–H and O–H groups in total. The quantitative estimate of drug-likeness (QED) is 0.785. The van der Waals surface area contributed by atoms with Gasteiger partial charge < -0.3 is 15.4 Å². The van der Waals surface area contributed by atoms with Crippen LogP contribution in [0, 0.1) is 6.92 Å². The summed E-state index contributed by atoms with van der Waals surface area (Å²) in [6.45, 7) is 7.70. The maximum Gasteiger partial charge on any atom is 0.171 e. The van der Waals surface area contributed by atoms with Crippen molar-refractivity contribution in [2.24, 2.45) is 0 Å². The first kappa shape index (κ1) is 18.8. The van der Waals surface area contributed by atoms with E-state index in [1.807, 2.05) is 12.1 Å². The van der Waals surface area contributed by atoms with Crippen LogP contribution in [0.4, 0.5) is 5.69 Å². The van der Waals surface area contributed by atoms with Gasteiger partial charge in [0.1, 0.15) is 0 Å². The summed E-state index contributed by atoms with van der Waals surface area (Å²) in [5, 5.41) is 7.41. The average Bonchev–Trinajstić information content (AvgIpc) is 2.65. The van der Waals surface area contributed by atoms with E-state index < -0.39 is 0 Å². The number of hydrogen-bond donors (Lipinski definition) is 2. The third kappa shape index (κ3) is 5.04. The number of ether oxygens (including phenoxy) is 1. The lowest BCUT2D eigenvalue weighted by atomic mass is 9.98. The second-order valence-electron chi connectivity index (χ2n) is 6.76. The number of morpholine rings is 1. The van der Waals surface area contributed by atoms with Gasteiger partial charge in [0.2, 0.25) is 0 Å². The number of nitrogens with one attached hydrogen (secondary N) is 2. The zero-order valence-electron chi connectivity index (χ0n) is 15.4. The Morgan fingerprint density at radius 1 is 1.04 bits per heavy atom. The number of benzene rings is 2. The number of anilines is 1. The first-order chi connectivity index (χ1) is 12.6. The molecule has 1 aliphatic heterocycles. The zero-order valence-corrected chi connectivity index (χ0v) is 16.3. The van der Waals surface area contributed by atoms with E-state index in [1.165, 1.54) is 11.1 Å². The fraction of sp³-hybridized carbons (Fsp3) is 0.381. The second kappa shape index (κ2) is 9.12. The lowest BCUT2D eigenvalue weighted by molar-refractivity contribution is 0.0102. The van der Waals surface area contributed by atoms with Crippen LogP contribution in [0.15, 0.2) is 54.6 Å². The Hall–Kier alpha value is -1.95. The van der Waals surface area contributed by atoms with E-state index in [9.17, 15) is 0 Å². The average molecular weight is 370 g/mol. The van der Waals surface area contributed by atoms with Gasteiger partial charge in [0.15, 0.2) is 5.11 Å². The summed E-state index contributed by atoms with van der Waals surface area (Å²) in [5.41, 5.74) is 3.54. The lowest BCUT2D eigenvalue weighted by Gasteiger charge is -2.38. The van der Waals surface area contributed by atoms with Crippen molar-refractivity contribution in [1.29, 1.82) is 0 Å². The van der Waals surface area contributed by atoms with E-state index in [4.69, 9.17) is 17.0 Å². The maximum absolute atomic E-state index is 5.55. The fourth-order valence-electron chi connectivity index (χ4n) is 3.41. The molecule has 26 heavy (non-hydrogen) atoms. The molecule has 5 heteroatoms. The van der Waals surface area contributed by atoms with Crippen LogP contribution in [0.3, 0.4) is 0 Å². The van der Waals surface area contributed by atoms with Crippen molar-refractivity contribution in [2.75, 3.05) is 31.6 Å². The van der Waals surface area contributed by atoms with Gasteiger partial charge in [-0.1, -0.05) is 48.0 Å². The highest BCUT2D eigenvalue weighted by atomic mass is 32.1. The zero-order chi connectivity index (χ0) is 18.4. The van der Waals surface area contributed by atoms with Crippen molar-refractivity contribution >= 4 is 23.0 Å². The van der Waals surface area contributed by atoms with E-state index in [-0.39, 0.29) is 12.1 Å². The largest absolute Gasteiger partial charge is 0.379 e. The van der Waals surface area contributed by atoms with Crippen LogP contribution >= 0.6 is 12.2 Å². The Morgan fingerprint density at radius 3 is 2.35 bits per heavy atom.